The number of aromatic nitrogens is 1. The van der Waals surface area contributed by atoms with Gasteiger partial charge in [-0.25, -0.2) is 0 Å². The van der Waals surface area contributed by atoms with E-state index in [-0.39, 0.29) is 11.4 Å². The third-order valence-corrected chi connectivity index (χ3v) is 1.94. The second kappa shape index (κ2) is 4.65. The molecular formula is C8H7ClF3NO3. The van der Waals surface area contributed by atoms with Crippen LogP contribution < -0.4 is 14.9 Å². The van der Waals surface area contributed by atoms with Crippen LogP contribution in [0.3, 0.4) is 0 Å². The molecule has 4 nitrogen and oxygen atoms in total. The summed E-state index contributed by atoms with van der Waals surface area (Å²) in [5.74, 6) is -1.50. The van der Waals surface area contributed by atoms with E-state index in [2.05, 4.69) is 14.5 Å². The Labute approximate surface area is 92.9 Å². The molecule has 0 aliphatic heterocycles. The number of ether oxygens (including phenoxy) is 2. The predicted octanol–water partition coefficient (Wildman–Crippen LogP) is 2.02. The van der Waals surface area contributed by atoms with Crippen LogP contribution in [0.1, 0.15) is 5.56 Å². The maximum absolute atomic E-state index is 11.9. The van der Waals surface area contributed by atoms with Crippen molar-refractivity contribution in [2.24, 2.45) is 0 Å². The lowest BCUT2D eigenvalue weighted by Gasteiger charge is -2.11. The van der Waals surface area contributed by atoms with Gasteiger partial charge in [-0.05, 0) is 0 Å². The fraction of sp³-hybridized carbons (Fsp3) is 0.375. The molecule has 0 aromatic carbocycles. The van der Waals surface area contributed by atoms with Crippen molar-refractivity contribution in [3.63, 3.8) is 0 Å². The van der Waals surface area contributed by atoms with Crippen LogP contribution in [0.2, 0.25) is 0 Å². The van der Waals surface area contributed by atoms with Gasteiger partial charge in [0, 0.05) is 11.8 Å². The van der Waals surface area contributed by atoms with Gasteiger partial charge in [0.15, 0.2) is 0 Å². The normalized spacial score (nSPS) is 11.3. The van der Waals surface area contributed by atoms with Gasteiger partial charge >= 0.3 is 6.36 Å². The molecule has 0 atom stereocenters. The molecule has 1 rings (SSSR count). The topological polar surface area (TPSA) is 51.3 Å². The van der Waals surface area contributed by atoms with Crippen molar-refractivity contribution in [3.05, 3.63) is 22.0 Å². The summed E-state index contributed by atoms with van der Waals surface area (Å²) in [6.07, 6.45) is -3.86. The smallest absolute Gasteiger partial charge is 0.488 e. The number of alkyl halides is 4. The zero-order chi connectivity index (χ0) is 12.3. The third kappa shape index (κ3) is 2.82. The second-order valence-electron chi connectivity index (χ2n) is 2.69. The molecule has 0 unspecified atom stereocenters. The molecule has 0 aliphatic rings. The highest BCUT2D eigenvalue weighted by molar-refractivity contribution is 6.17. The molecule has 0 amide bonds. The largest absolute Gasteiger partial charge is 0.574 e. The lowest BCUT2D eigenvalue weighted by atomic mass is 10.3. The molecule has 0 saturated heterocycles. The van der Waals surface area contributed by atoms with E-state index < -0.39 is 23.4 Å². The summed E-state index contributed by atoms with van der Waals surface area (Å²) in [5.41, 5.74) is -0.649. The second-order valence-corrected chi connectivity index (χ2v) is 2.95. The zero-order valence-corrected chi connectivity index (χ0v) is 8.78. The van der Waals surface area contributed by atoms with Gasteiger partial charge in [0.1, 0.15) is 0 Å². The number of nitrogens with one attached hydrogen (secondary N) is 1. The van der Waals surface area contributed by atoms with Crippen molar-refractivity contribution in [2.75, 3.05) is 7.11 Å². The molecule has 8 heteroatoms. The summed E-state index contributed by atoms with van der Waals surface area (Å²) >= 11 is 5.41. The monoisotopic (exact) mass is 257 g/mol. The Kier molecular flexibility index (Phi) is 3.69. The van der Waals surface area contributed by atoms with Crippen molar-refractivity contribution < 1.29 is 22.6 Å². The highest BCUT2D eigenvalue weighted by Gasteiger charge is 2.33. The molecule has 0 aliphatic carbocycles. The first-order valence-electron chi connectivity index (χ1n) is 3.99. The average molecular weight is 258 g/mol. The van der Waals surface area contributed by atoms with E-state index in [0.29, 0.717) is 0 Å². The first kappa shape index (κ1) is 12.7. The quantitative estimate of drug-likeness (QED) is 0.843. The fourth-order valence-electron chi connectivity index (χ4n) is 1.01. The number of H-pyrrole nitrogens is 1. The van der Waals surface area contributed by atoms with Crippen LogP contribution in [0.4, 0.5) is 13.2 Å². The first-order chi connectivity index (χ1) is 7.39. The van der Waals surface area contributed by atoms with Crippen LogP contribution in [-0.4, -0.2) is 18.5 Å². The van der Waals surface area contributed by atoms with Crippen molar-refractivity contribution in [1.29, 1.82) is 0 Å². The van der Waals surface area contributed by atoms with Gasteiger partial charge in [0.2, 0.25) is 17.1 Å². The van der Waals surface area contributed by atoms with Gasteiger partial charge < -0.3 is 14.5 Å². The summed E-state index contributed by atoms with van der Waals surface area (Å²) in [6, 6.07) is 0. The summed E-state index contributed by atoms with van der Waals surface area (Å²) in [7, 11) is 1.06. The molecule has 0 radical (unpaired) electrons. The molecule has 1 aromatic heterocycles. The third-order valence-electron chi connectivity index (χ3n) is 1.65. The molecule has 0 saturated carbocycles. The molecule has 0 spiro atoms. The van der Waals surface area contributed by atoms with E-state index in [1.54, 1.807) is 0 Å². The van der Waals surface area contributed by atoms with Crippen molar-refractivity contribution in [2.45, 2.75) is 12.2 Å². The lowest BCUT2D eigenvalue weighted by molar-refractivity contribution is -0.276. The van der Waals surface area contributed by atoms with Crippen molar-refractivity contribution in [3.8, 4) is 11.6 Å². The number of methoxy groups -OCH3 is 1. The maximum atomic E-state index is 11.9. The Morgan fingerprint density at radius 2 is 2.12 bits per heavy atom. The Hall–Kier alpha value is -1.37. The average Bonchev–Trinajstić information content (AvgIpc) is 2.16. The van der Waals surface area contributed by atoms with Gasteiger partial charge in [-0.1, -0.05) is 0 Å². The van der Waals surface area contributed by atoms with Gasteiger partial charge in [-0.15, -0.1) is 24.8 Å². The molecule has 16 heavy (non-hydrogen) atoms. The van der Waals surface area contributed by atoms with E-state index in [4.69, 9.17) is 11.6 Å². The minimum Gasteiger partial charge on any atom is -0.488 e. The van der Waals surface area contributed by atoms with E-state index in [1.807, 2.05) is 0 Å². The molecule has 0 fully saturated rings. The summed E-state index contributed by atoms with van der Waals surface area (Å²) < 4.78 is 44.0. The minimum atomic E-state index is -4.90. The van der Waals surface area contributed by atoms with Crippen LogP contribution in [0.25, 0.3) is 0 Å². The number of hydrogen-bond donors (Lipinski definition) is 1. The molecular weight excluding hydrogens is 251 g/mol. The van der Waals surface area contributed by atoms with Crippen LogP contribution in [0.15, 0.2) is 11.0 Å². The number of aromatic amines is 1. The predicted molar refractivity (Wildman–Crippen MR) is 49.9 cm³/mol. The summed E-state index contributed by atoms with van der Waals surface area (Å²) in [4.78, 5) is 13.6. The Morgan fingerprint density at radius 1 is 1.50 bits per heavy atom. The van der Waals surface area contributed by atoms with Crippen LogP contribution in [-0.2, 0) is 5.88 Å². The minimum absolute atomic E-state index is 0.0908. The van der Waals surface area contributed by atoms with Crippen LogP contribution in [0.5, 0.6) is 11.6 Å². The number of hydrogen-bond acceptors (Lipinski definition) is 3. The van der Waals surface area contributed by atoms with Gasteiger partial charge in [-0.2, -0.15) is 0 Å². The van der Waals surface area contributed by atoms with Gasteiger partial charge in [0.25, 0.3) is 0 Å². The molecule has 1 N–H and O–H groups in total. The number of pyridine rings is 1. The van der Waals surface area contributed by atoms with E-state index in [0.717, 1.165) is 13.3 Å². The Bertz CT molecular complexity index is 430. The Balaban J connectivity index is 3.21. The van der Waals surface area contributed by atoms with Crippen LogP contribution in [0, 0.1) is 0 Å². The first-order valence-corrected chi connectivity index (χ1v) is 4.52. The zero-order valence-electron chi connectivity index (χ0n) is 8.02. The van der Waals surface area contributed by atoms with E-state index in [1.165, 1.54) is 0 Å². The highest BCUT2D eigenvalue weighted by atomic mass is 35.5. The van der Waals surface area contributed by atoms with Gasteiger partial charge in [0.05, 0.1) is 13.0 Å². The van der Waals surface area contributed by atoms with Crippen molar-refractivity contribution >= 4 is 11.6 Å². The van der Waals surface area contributed by atoms with Crippen molar-refractivity contribution in [1.82, 2.24) is 4.98 Å². The van der Waals surface area contributed by atoms with E-state index in [9.17, 15) is 18.0 Å². The molecule has 1 heterocycles. The highest BCUT2D eigenvalue weighted by Crippen LogP contribution is 2.27. The molecule has 1 aromatic rings. The fourth-order valence-corrected chi connectivity index (χ4v) is 1.21. The molecule has 90 valence electrons. The number of halogens is 4. The summed E-state index contributed by atoms with van der Waals surface area (Å²) in [6.45, 7) is 0. The van der Waals surface area contributed by atoms with E-state index >= 15 is 0 Å². The maximum Gasteiger partial charge on any atom is 0.574 e. The lowest BCUT2D eigenvalue weighted by Crippen LogP contribution is -2.21. The van der Waals surface area contributed by atoms with Crippen LogP contribution >= 0.6 is 11.6 Å². The van der Waals surface area contributed by atoms with Gasteiger partial charge in [-0.3, -0.25) is 4.79 Å². The molecule has 0 bridgehead atoms. The summed E-state index contributed by atoms with van der Waals surface area (Å²) in [5, 5.41) is 0. The number of rotatable bonds is 3. The SMILES string of the molecule is COc1c(OC(F)(F)F)[nH]cc(CCl)c1=O. The standard InChI is InChI=1S/C8H7ClF3NO3/c1-15-6-5(14)4(2-9)3-13-7(6)16-8(10,11)12/h3H,2H2,1H3,(H,13,14). The Morgan fingerprint density at radius 3 is 2.56 bits per heavy atom.